The minimum absolute atomic E-state index is 0.469. The van der Waals surface area contributed by atoms with E-state index in [9.17, 15) is 17.6 Å². The molecule has 0 bridgehead atoms. The van der Waals surface area contributed by atoms with Crippen molar-refractivity contribution in [2.24, 2.45) is 0 Å². The van der Waals surface area contributed by atoms with Gasteiger partial charge in [-0.3, -0.25) is 4.79 Å². The molecular formula is C14H12FNO3S. The van der Waals surface area contributed by atoms with E-state index in [2.05, 4.69) is 5.32 Å². The van der Waals surface area contributed by atoms with Crippen LogP contribution in [-0.2, 0) is 14.6 Å². The van der Waals surface area contributed by atoms with Gasteiger partial charge in [0.05, 0.1) is 0 Å². The molecule has 0 aromatic heterocycles. The number of halogens is 1. The van der Waals surface area contributed by atoms with Crippen molar-refractivity contribution in [3.8, 4) is 0 Å². The number of anilines is 1. The third kappa shape index (κ3) is 3.42. The van der Waals surface area contributed by atoms with E-state index in [0.29, 0.717) is 5.69 Å². The molecule has 4 nitrogen and oxygen atoms in total. The topological polar surface area (TPSA) is 63.2 Å². The van der Waals surface area contributed by atoms with Crippen LogP contribution in [0.4, 0.5) is 10.1 Å². The van der Waals surface area contributed by atoms with Crippen LogP contribution < -0.4 is 5.32 Å². The van der Waals surface area contributed by atoms with Gasteiger partial charge < -0.3 is 5.32 Å². The highest BCUT2D eigenvalue weighted by Crippen LogP contribution is 2.15. The van der Waals surface area contributed by atoms with Crippen LogP contribution in [0.2, 0.25) is 0 Å². The molecule has 104 valence electrons. The first-order chi connectivity index (χ1) is 9.49. The molecule has 0 atom stereocenters. The fourth-order valence-corrected chi connectivity index (χ4v) is 2.89. The Morgan fingerprint density at radius 1 is 1.00 bits per heavy atom. The van der Waals surface area contributed by atoms with Crippen molar-refractivity contribution in [3.63, 3.8) is 0 Å². The Morgan fingerprint density at radius 3 is 2.25 bits per heavy atom. The SMILES string of the molecule is O=C(CS(=O)(=O)c1ccccc1F)Nc1ccccc1. The second kappa shape index (κ2) is 5.83. The summed E-state index contributed by atoms with van der Waals surface area (Å²) in [6, 6.07) is 13.4. The van der Waals surface area contributed by atoms with Gasteiger partial charge in [0.1, 0.15) is 16.5 Å². The summed E-state index contributed by atoms with van der Waals surface area (Å²) in [6.45, 7) is 0. The lowest BCUT2D eigenvalue weighted by Crippen LogP contribution is -2.23. The Bertz CT molecular complexity index is 714. The largest absolute Gasteiger partial charge is 0.325 e. The second-order valence-corrected chi connectivity index (χ2v) is 6.06. The average Bonchev–Trinajstić information content (AvgIpc) is 2.39. The molecule has 0 fully saturated rings. The zero-order chi connectivity index (χ0) is 14.6. The van der Waals surface area contributed by atoms with Crippen LogP contribution in [0, 0.1) is 5.82 Å². The van der Waals surface area contributed by atoms with Gasteiger partial charge in [-0.2, -0.15) is 0 Å². The first-order valence-corrected chi connectivity index (χ1v) is 7.46. The molecule has 0 unspecified atom stereocenters. The van der Waals surface area contributed by atoms with Crippen LogP contribution in [0.1, 0.15) is 0 Å². The van der Waals surface area contributed by atoms with Crippen molar-refractivity contribution >= 4 is 21.4 Å². The number of rotatable bonds is 4. The molecule has 0 aliphatic carbocycles. The second-order valence-electron chi connectivity index (χ2n) is 4.10. The van der Waals surface area contributed by atoms with E-state index >= 15 is 0 Å². The number of benzene rings is 2. The van der Waals surface area contributed by atoms with Crippen LogP contribution in [-0.4, -0.2) is 20.1 Å². The normalized spacial score (nSPS) is 11.1. The lowest BCUT2D eigenvalue weighted by Gasteiger charge is -2.07. The van der Waals surface area contributed by atoms with E-state index in [-0.39, 0.29) is 0 Å². The Labute approximate surface area is 116 Å². The Hall–Kier alpha value is -2.21. The van der Waals surface area contributed by atoms with Crippen LogP contribution in [0.3, 0.4) is 0 Å². The fourth-order valence-electron chi connectivity index (χ4n) is 1.67. The van der Waals surface area contributed by atoms with Crippen molar-refractivity contribution in [1.82, 2.24) is 0 Å². The molecule has 20 heavy (non-hydrogen) atoms. The van der Waals surface area contributed by atoms with Crippen molar-refractivity contribution in [3.05, 3.63) is 60.4 Å². The van der Waals surface area contributed by atoms with Gasteiger partial charge in [0.15, 0.2) is 9.84 Å². The van der Waals surface area contributed by atoms with Crippen molar-refractivity contribution < 1.29 is 17.6 Å². The summed E-state index contributed by atoms with van der Waals surface area (Å²) in [4.78, 5) is 11.2. The maximum Gasteiger partial charge on any atom is 0.239 e. The Kier molecular flexibility index (Phi) is 4.14. The first kappa shape index (κ1) is 14.2. The maximum absolute atomic E-state index is 13.5. The predicted octanol–water partition coefficient (Wildman–Crippen LogP) is 2.24. The summed E-state index contributed by atoms with van der Waals surface area (Å²) < 4.78 is 37.4. The summed E-state index contributed by atoms with van der Waals surface area (Å²) in [5.74, 6) is -2.37. The van der Waals surface area contributed by atoms with Gasteiger partial charge in [-0.25, -0.2) is 12.8 Å². The van der Waals surface area contributed by atoms with E-state index in [0.717, 1.165) is 12.1 Å². The lowest BCUT2D eigenvalue weighted by atomic mass is 10.3. The minimum atomic E-state index is -4.00. The molecule has 0 heterocycles. The molecule has 0 radical (unpaired) electrons. The standard InChI is InChI=1S/C14H12FNO3S/c15-12-8-4-5-9-13(12)20(18,19)10-14(17)16-11-6-2-1-3-7-11/h1-9H,10H2,(H,16,17). The minimum Gasteiger partial charge on any atom is -0.325 e. The van der Waals surface area contributed by atoms with E-state index in [1.165, 1.54) is 12.1 Å². The van der Waals surface area contributed by atoms with E-state index in [4.69, 9.17) is 0 Å². The average molecular weight is 293 g/mol. The third-order valence-corrected chi connectivity index (χ3v) is 4.19. The Morgan fingerprint density at radius 2 is 1.60 bits per heavy atom. The third-order valence-electron chi connectivity index (χ3n) is 2.55. The number of carbonyl (C=O) groups is 1. The van der Waals surface area contributed by atoms with Gasteiger partial charge in [0.25, 0.3) is 0 Å². The molecule has 6 heteroatoms. The summed E-state index contributed by atoms with van der Waals surface area (Å²) in [5.41, 5.74) is 0.487. The summed E-state index contributed by atoms with van der Waals surface area (Å²) >= 11 is 0. The molecule has 0 saturated heterocycles. The molecule has 0 aliphatic rings. The lowest BCUT2D eigenvalue weighted by molar-refractivity contribution is -0.113. The molecule has 1 N–H and O–H groups in total. The number of sulfone groups is 1. The molecule has 1 amide bonds. The highest BCUT2D eigenvalue weighted by molar-refractivity contribution is 7.92. The van der Waals surface area contributed by atoms with Crippen molar-refractivity contribution in [1.29, 1.82) is 0 Å². The van der Waals surface area contributed by atoms with Crippen molar-refractivity contribution in [2.45, 2.75) is 4.90 Å². The number of hydrogen-bond donors (Lipinski definition) is 1. The Balaban J connectivity index is 2.13. The van der Waals surface area contributed by atoms with Gasteiger partial charge in [0.2, 0.25) is 5.91 Å². The summed E-state index contributed by atoms with van der Waals surface area (Å²) in [5, 5.41) is 2.45. The molecule has 0 aliphatic heterocycles. The summed E-state index contributed by atoms with van der Waals surface area (Å²) in [7, 11) is -4.00. The fraction of sp³-hybridized carbons (Fsp3) is 0.0714. The van der Waals surface area contributed by atoms with Crippen LogP contribution >= 0.6 is 0 Å². The van der Waals surface area contributed by atoms with Gasteiger partial charge in [0, 0.05) is 5.69 Å². The van der Waals surface area contributed by atoms with Crippen LogP contribution in [0.25, 0.3) is 0 Å². The van der Waals surface area contributed by atoms with Crippen molar-refractivity contribution in [2.75, 3.05) is 11.1 Å². The van der Waals surface area contributed by atoms with Gasteiger partial charge in [-0.05, 0) is 24.3 Å². The summed E-state index contributed by atoms with van der Waals surface area (Å²) in [6.07, 6.45) is 0. The number of carbonyl (C=O) groups excluding carboxylic acids is 1. The predicted molar refractivity (Wildman–Crippen MR) is 73.5 cm³/mol. The maximum atomic E-state index is 13.5. The zero-order valence-electron chi connectivity index (χ0n) is 10.4. The smallest absolute Gasteiger partial charge is 0.239 e. The molecule has 0 spiro atoms. The van der Waals surface area contributed by atoms with E-state index in [1.807, 2.05) is 0 Å². The van der Waals surface area contributed by atoms with Crippen LogP contribution in [0.5, 0.6) is 0 Å². The van der Waals surface area contributed by atoms with E-state index in [1.54, 1.807) is 30.3 Å². The van der Waals surface area contributed by atoms with Gasteiger partial charge in [-0.1, -0.05) is 30.3 Å². The molecule has 2 aromatic carbocycles. The number of nitrogens with one attached hydrogen (secondary N) is 1. The van der Waals surface area contributed by atoms with Gasteiger partial charge in [-0.15, -0.1) is 0 Å². The number of hydrogen-bond acceptors (Lipinski definition) is 3. The molecule has 0 saturated carbocycles. The molecular weight excluding hydrogens is 281 g/mol. The molecule has 2 rings (SSSR count). The highest BCUT2D eigenvalue weighted by Gasteiger charge is 2.22. The highest BCUT2D eigenvalue weighted by atomic mass is 32.2. The quantitative estimate of drug-likeness (QED) is 0.940. The van der Waals surface area contributed by atoms with Gasteiger partial charge >= 0.3 is 0 Å². The number of para-hydroxylation sites is 1. The first-order valence-electron chi connectivity index (χ1n) is 5.81. The van der Waals surface area contributed by atoms with E-state index < -0.39 is 32.2 Å². The zero-order valence-corrected chi connectivity index (χ0v) is 11.2. The monoisotopic (exact) mass is 293 g/mol. The molecule has 2 aromatic rings. The van der Waals surface area contributed by atoms with Crippen LogP contribution in [0.15, 0.2) is 59.5 Å². The number of amides is 1.